The first-order chi connectivity index (χ1) is 18.7. The van der Waals surface area contributed by atoms with E-state index in [-0.39, 0.29) is 33.1 Å². The lowest BCUT2D eigenvalue weighted by Gasteiger charge is -2.27. The smallest absolute Gasteiger partial charge is 0.261 e. The highest BCUT2D eigenvalue weighted by Crippen LogP contribution is 2.32. The van der Waals surface area contributed by atoms with Crippen LogP contribution in [0.1, 0.15) is 80.6 Å². The predicted molar refractivity (Wildman–Crippen MR) is 147 cm³/mol. The van der Waals surface area contributed by atoms with Crippen LogP contribution in [0, 0.1) is 5.92 Å². The summed E-state index contributed by atoms with van der Waals surface area (Å²) in [6.07, 6.45) is 11.5. The largest absolute Gasteiger partial charge is 0.366 e. The summed E-state index contributed by atoms with van der Waals surface area (Å²) in [7, 11) is -3.49. The van der Waals surface area contributed by atoms with Gasteiger partial charge in [0.25, 0.3) is 5.56 Å². The Morgan fingerprint density at radius 1 is 1.00 bits per heavy atom. The van der Waals surface area contributed by atoms with Crippen molar-refractivity contribution in [2.45, 2.75) is 80.4 Å². The fourth-order valence-corrected chi connectivity index (χ4v) is 7.69. The van der Waals surface area contributed by atoms with Crippen LogP contribution in [0.5, 0.6) is 0 Å². The van der Waals surface area contributed by atoms with E-state index in [4.69, 9.17) is 5.73 Å². The van der Waals surface area contributed by atoms with Gasteiger partial charge in [0.05, 0.1) is 32.9 Å². The van der Waals surface area contributed by atoms with Crippen LogP contribution in [0.15, 0.2) is 52.5 Å². The van der Waals surface area contributed by atoms with E-state index in [1.54, 1.807) is 0 Å². The van der Waals surface area contributed by atoms with Crippen LogP contribution >= 0.6 is 0 Å². The molecule has 1 atom stereocenters. The summed E-state index contributed by atoms with van der Waals surface area (Å²) in [5, 5.41) is 2.62. The number of hydrogen-bond donors (Lipinski definition) is 2. The fourth-order valence-electron chi connectivity index (χ4n) is 5.81. The molecule has 2 saturated carbocycles. The van der Waals surface area contributed by atoms with E-state index in [0.29, 0.717) is 19.3 Å². The maximum atomic E-state index is 13.6. The van der Waals surface area contributed by atoms with Crippen molar-refractivity contribution in [2.24, 2.45) is 11.7 Å². The van der Waals surface area contributed by atoms with E-state index in [2.05, 4.69) is 15.3 Å². The van der Waals surface area contributed by atoms with Gasteiger partial charge in [-0.25, -0.2) is 18.4 Å². The van der Waals surface area contributed by atoms with Crippen molar-refractivity contribution >= 4 is 38.4 Å². The van der Waals surface area contributed by atoms with E-state index in [1.165, 1.54) is 47.4 Å². The lowest BCUT2D eigenvalue weighted by atomic mass is 9.84. The molecule has 3 aromatic rings. The first kappa shape index (κ1) is 27.0. The molecule has 0 radical (unpaired) electrons. The van der Waals surface area contributed by atoms with Gasteiger partial charge in [-0.1, -0.05) is 44.9 Å². The zero-order chi connectivity index (χ0) is 27.6. The molecule has 11 heteroatoms. The topological polar surface area (TPSA) is 154 Å². The van der Waals surface area contributed by atoms with Crippen molar-refractivity contribution < 1.29 is 18.0 Å². The van der Waals surface area contributed by atoms with Gasteiger partial charge in [-0.05, 0) is 55.5 Å². The molecule has 2 heterocycles. The Kier molecular flexibility index (Phi) is 7.79. The van der Waals surface area contributed by atoms with E-state index in [9.17, 15) is 22.8 Å². The van der Waals surface area contributed by atoms with Crippen molar-refractivity contribution in [1.29, 1.82) is 0 Å². The Bertz CT molecular complexity index is 1540. The standard InChI is InChI=1S/C28H33N5O5S/c29-26(34)19-10-13-25(30-16-19)32-27(35)24(14-18-6-2-1-3-7-18)33-17-31-23-15-21(11-12-22(23)28(33)36)39(37,38)20-8-4-5-9-20/h10-13,15-18,20,24H,1-9,14H2,(H2,29,34)(H,30,32,35). The van der Waals surface area contributed by atoms with E-state index in [0.717, 1.165) is 44.9 Å². The lowest BCUT2D eigenvalue weighted by Crippen LogP contribution is -2.35. The average Bonchev–Trinajstić information content (AvgIpc) is 3.49. The van der Waals surface area contributed by atoms with Crippen LogP contribution in [-0.2, 0) is 14.6 Å². The van der Waals surface area contributed by atoms with Crippen molar-refractivity contribution in [3.8, 4) is 0 Å². The van der Waals surface area contributed by atoms with E-state index >= 15 is 0 Å². The molecule has 0 spiro atoms. The summed E-state index contributed by atoms with van der Waals surface area (Å²) in [5.74, 6) is -0.518. The van der Waals surface area contributed by atoms with E-state index < -0.39 is 38.5 Å². The van der Waals surface area contributed by atoms with Crippen LogP contribution in [0.3, 0.4) is 0 Å². The third-order valence-electron chi connectivity index (χ3n) is 8.04. The zero-order valence-electron chi connectivity index (χ0n) is 21.7. The quantitative estimate of drug-likeness (QED) is 0.432. The summed E-state index contributed by atoms with van der Waals surface area (Å²) in [6, 6.07) is 6.57. The van der Waals surface area contributed by atoms with Gasteiger partial charge < -0.3 is 11.1 Å². The zero-order valence-corrected chi connectivity index (χ0v) is 22.5. The molecule has 3 N–H and O–H groups in total. The number of amides is 2. The van der Waals surface area contributed by atoms with Gasteiger partial charge in [0.2, 0.25) is 11.8 Å². The Morgan fingerprint density at radius 3 is 2.38 bits per heavy atom. The molecule has 2 aliphatic carbocycles. The minimum absolute atomic E-state index is 0.175. The molecule has 5 rings (SSSR count). The maximum absolute atomic E-state index is 13.6. The Balaban J connectivity index is 1.47. The minimum Gasteiger partial charge on any atom is -0.366 e. The highest BCUT2D eigenvalue weighted by Gasteiger charge is 2.31. The number of nitrogens with one attached hydrogen (secondary N) is 1. The third kappa shape index (κ3) is 5.73. The summed E-state index contributed by atoms with van der Waals surface area (Å²) < 4.78 is 27.5. The second-order valence-electron chi connectivity index (χ2n) is 10.6. The maximum Gasteiger partial charge on any atom is 0.261 e. The van der Waals surface area contributed by atoms with Gasteiger partial charge >= 0.3 is 0 Å². The monoisotopic (exact) mass is 551 g/mol. The summed E-state index contributed by atoms with van der Waals surface area (Å²) in [6.45, 7) is 0. The van der Waals surface area contributed by atoms with Crippen LogP contribution in [0.2, 0.25) is 0 Å². The Morgan fingerprint density at radius 2 is 1.72 bits per heavy atom. The van der Waals surface area contributed by atoms with Crippen molar-refractivity contribution in [1.82, 2.24) is 14.5 Å². The number of pyridine rings is 1. The van der Waals surface area contributed by atoms with Crippen molar-refractivity contribution in [2.75, 3.05) is 5.32 Å². The van der Waals surface area contributed by atoms with Gasteiger partial charge in [0.1, 0.15) is 11.9 Å². The van der Waals surface area contributed by atoms with Gasteiger partial charge in [-0.15, -0.1) is 0 Å². The van der Waals surface area contributed by atoms with Crippen molar-refractivity contribution in [3.63, 3.8) is 0 Å². The molecule has 10 nitrogen and oxygen atoms in total. The van der Waals surface area contributed by atoms with Gasteiger partial charge in [0.15, 0.2) is 9.84 Å². The molecule has 0 bridgehead atoms. The molecule has 1 unspecified atom stereocenters. The number of hydrogen-bond acceptors (Lipinski definition) is 7. The SMILES string of the molecule is NC(=O)c1ccc(NC(=O)C(CC2CCCCC2)n2cnc3cc(S(=O)(=O)C4CCCC4)ccc3c2=O)nc1. The Labute approximate surface area is 227 Å². The molecule has 1 aromatic carbocycles. The molecular weight excluding hydrogens is 518 g/mol. The number of sulfone groups is 1. The number of rotatable bonds is 8. The number of carbonyl (C=O) groups excluding carboxylic acids is 2. The first-order valence-electron chi connectivity index (χ1n) is 13.6. The van der Waals surface area contributed by atoms with Crippen LogP contribution in [0.25, 0.3) is 10.9 Å². The molecule has 206 valence electrons. The first-order valence-corrected chi connectivity index (χ1v) is 15.1. The molecule has 2 aromatic heterocycles. The Hall–Kier alpha value is -3.60. The minimum atomic E-state index is -3.49. The molecule has 0 saturated heterocycles. The average molecular weight is 552 g/mol. The molecule has 2 amide bonds. The number of fused-ring (bicyclic) bond motifs is 1. The third-order valence-corrected chi connectivity index (χ3v) is 10.3. The van der Waals surface area contributed by atoms with Gasteiger partial charge in [-0.2, -0.15) is 0 Å². The fraction of sp³-hybridized carbons (Fsp3) is 0.464. The van der Waals surface area contributed by atoms with Gasteiger partial charge in [0, 0.05) is 6.20 Å². The van der Waals surface area contributed by atoms with Crippen LogP contribution in [0.4, 0.5) is 5.82 Å². The molecule has 2 fully saturated rings. The highest BCUT2D eigenvalue weighted by molar-refractivity contribution is 7.92. The molecule has 2 aliphatic rings. The summed E-state index contributed by atoms with van der Waals surface area (Å²) >= 11 is 0. The number of primary amides is 1. The van der Waals surface area contributed by atoms with Crippen molar-refractivity contribution in [3.05, 3.63) is 58.8 Å². The number of nitrogens with zero attached hydrogens (tertiary/aromatic N) is 3. The number of carbonyl (C=O) groups is 2. The molecular formula is C28H33N5O5S. The molecule has 39 heavy (non-hydrogen) atoms. The second-order valence-corrected chi connectivity index (χ2v) is 12.9. The predicted octanol–water partition coefficient (Wildman–Crippen LogP) is 3.76. The van der Waals surface area contributed by atoms with Gasteiger partial charge in [-0.3, -0.25) is 19.0 Å². The number of anilines is 1. The van der Waals surface area contributed by atoms with Crippen LogP contribution in [-0.4, -0.2) is 40.0 Å². The number of nitrogens with two attached hydrogens (primary N) is 1. The normalized spacial score (nSPS) is 17.7. The lowest BCUT2D eigenvalue weighted by molar-refractivity contribution is -0.120. The van der Waals surface area contributed by atoms with Crippen LogP contribution < -0.4 is 16.6 Å². The second kappa shape index (κ2) is 11.3. The van der Waals surface area contributed by atoms with E-state index in [1.807, 2.05) is 0 Å². The highest BCUT2D eigenvalue weighted by atomic mass is 32.2. The molecule has 0 aliphatic heterocycles. The summed E-state index contributed by atoms with van der Waals surface area (Å²) in [5.41, 5.74) is 5.38. The number of benzene rings is 1. The number of aromatic nitrogens is 3. The summed E-state index contributed by atoms with van der Waals surface area (Å²) in [4.78, 5) is 47.2.